The van der Waals surface area contributed by atoms with E-state index in [9.17, 15) is 24.1 Å². The van der Waals surface area contributed by atoms with Gasteiger partial charge in [-0.25, -0.2) is 8.78 Å². The minimum absolute atomic E-state index is 0.169. The number of carbonyl (C=O) groups is 1. The molecule has 5 aromatic rings. The van der Waals surface area contributed by atoms with Crippen molar-refractivity contribution in [1.29, 1.82) is 10.5 Å². The maximum atomic E-state index is 14.0. The average Bonchev–Trinajstić information content (AvgIpc) is 3.11. The molecule has 0 unspecified atom stereocenters. The Labute approximate surface area is 282 Å². The van der Waals surface area contributed by atoms with Crippen molar-refractivity contribution in [1.82, 2.24) is 0 Å². The van der Waals surface area contributed by atoms with Gasteiger partial charge in [0, 0.05) is 16.7 Å². The number of benzene rings is 5. The number of carbonyl (C=O) groups excluding carboxylic acids is 1. The second-order valence-corrected chi connectivity index (χ2v) is 12.8. The van der Waals surface area contributed by atoms with Gasteiger partial charge in [0.15, 0.2) is 17.4 Å². The van der Waals surface area contributed by atoms with Gasteiger partial charge in [0.25, 0.3) is 0 Å². The highest BCUT2D eigenvalue weighted by atomic mass is 19.2. The van der Waals surface area contributed by atoms with E-state index in [0.717, 1.165) is 17.0 Å². The summed E-state index contributed by atoms with van der Waals surface area (Å²) < 4.78 is 27.7. The standard InChI is InChI=1S/C23H22N2O.C20H16F2/c1-15-3-6-17(7-4-15)18-8-10-19(11-9-18)23(26)20-12-5-16(2)21(13-24)22(20)14-25;1-13-3-6-15(7-4-13)16-8-10-17(11-9-16)18-12-5-14(2)19(21)20(18)22/h5,8-12,15,17H,3-4,6-7H2,1-2H3;3-12H,1-2H3. The lowest BCUT2D eigenvalue weighted by molar-refractivity contribution is 0.103. The topological polar surface area (TPSA) is 64.7 Å². The molecule has 6 rings (SSSR count). The van der Waals surface area contributed by atoms with E-state index in [-0.39, 0.29) is 16.9 Å². The SMILES string of the molecule is Cc1ccc(-c2ccc(-c3ccc(C)c(F)c3F)cc2)cc1.Cc1ccc(C(=O)c2ccc(C3CCC(C)CC3)cc2)c(C#N)c1C#N. The van der Waals surface area contributed by atoms with Gasteiger partial charge in [-0.15, -0.1) is 0 Å². The summed E-state index contributed by atoms with van der Waals surface area (Å²) in [5.74, 6) is -0.382. The van der Waals surface area contributed by atoms with Crippen LogP contribution in [0.15, 0.2) is 97.1 Å². The number of halogens is 2. The first-order valence-corrected chi connectivity index (χ1v) is 16.3. The highest BCUT2D eigenvalue weighted by molar-refractivity contribution is 6.10. The number of rotatable bonds is 5. The molecule has 0 aliphatic heterocycles. The first kappa shape index (κ1) is 34.0. The summed E-state index contributed by atoms with van der Waals surface area (Å²) in [6.45, 7) is 7.68. The lowest BCUT2D eigenvalue weighted by Crippen LogP contribution is -2.11. The Hall–Kier alpha value is -5.39. The van der Waals surface area contributed by atoms with Gasteiger partial charge in [0.05, 0.1) is 11.1 Å². The third-order valence-corrected chi connectivity index (χ3v) is 9.40. The smallest absolute Gasteiger partial charge is 0.194 e. The van der Waals surface area contributed by atoms with E-state index in [1.165, 1.54) is 36.8 Å². The van der Waals surface area contributed by atoms with Gasteiger partial charge in [0.1, 0.15) is 12.1 Å². The number of hydrogen-bond donors (Lipinski definition) is 0. The zero-order valence-corrected chi connectivity index (χ0v) is 27.8. The molecule has 240 valence electrons. The first-order chi connectivity index (χ1) is 23.1. The Bertz CT molecular complexity index is 2010. The third kappa shape index (κ3) is 7.43. The Morgan fingerprint density at radius 3 is 1.75 bits per heavy atom. The lowest BCUT2D eigenvalue weighted by Gasteiger charge is -2.26. The zero-order chi connectivity index (χ0) is 34.4. The van der Waals surface area contributed by atoms with Gasteiger partial charge in [-0.05, 0) is 84.9 Å². The quantitative estimate of drug-likeness (QED) is 0.180. The number of nitriles is 2. The molecule has 0 saturated heterocycles. The molecule has 0 atom stereocenters. The monoisotopic (exact) mass is 636 g/mol. The summed E-state index contributed by atoms with van der Waals surface area (Å²) in [4.78, 5) is 12.9. The summed E-state index contributed by atoms with van der Waals surface area (Å²) in [5, 5.41) is 18.7. The number of aryl methyl sites for hydroxylation is 3. The average molecular weight is 637 g/mol. The van der Waals surface area contributed by atoms with Crippen molar-refractivity contribution in [2.24, 2.45) is 5.92 Å². The number of ketones is 1. The Kier molecular flexibility index (Phi) is 10.6. The molecule has 1 fully saturated rings. The van der Waals surface area contributed by atoms with Gasteiger partial charge < -0.3 is 0 Å². The van der Waals surface area contributed by atoms with Gasteiger partial charge in [0.2, 0.25) is 0 Å². The molecule has 48 heavy (non-hydrogen) atoms. The molecule has 0 spiro atoms. The van der Waals surface area contributed by atoms with Crippen molar-refractivity contribution < 1.29 is 13.6 Å². The van der Waals surface area contributed by atoms with Gasteiger partial charge >= 0.3 is 0 Å². The number of nitrogens with zero attached hydrogens (tertiary/aromatic N) is 2. The summed E-state index contributed by atoms with van der Waals surface area (Å²) in [7, 11) is 0. The van der Waals surface area contributed by atoms with Gasteiger partial charge in [-0.1, -0.05) is 116 Å². The van der Waals surface area contributed by atoms with Crippen LogP contribution >= 0.6 is 0 Å². The summed E-state index contributed by atoms with van der Waals surface area (Å²) in [5.41, 5.74) is 7.95. The van der Waals surface area contributed by atoms with Crippen molar-refractivity contribution in [3.8, 4) is 34.4 Å². The van der Waals surface area contributed by atoms with Crippen LogP contribution in [0.25, 0.3) is 22.3 Å². The second-order valence-electron chi connectivity index (χ2n) is 12.8. The van der Waals surface area contributed by atoms with E-state index in [1.807, 2.05) is 67.6 Å². The minimum Gasteiger partial charge on any atom is -0.289 e. The van der Waals surface area contributed by atoms with Crippen molar-refractivity contribution >= 4 is 5.78 Å². The van der Waals surface area contributed by atoms with Gasteiger partial charge in [-0.3, -0.25) is 4.79 Å². The van der Waals surface area contributed by atoms with Crippen molar-refractivity contribution in [2.75, 3.05) is 0 Å². The zero-order valence-electron chi connectivity index (χ0n) is 27.8. The summed E-state index contributed by atoms with van der Waals surface area (Å²) in [6.07, 6.45) is 4.93. The molecule has 1 aliphatic rings. The molecular weight excluding hydrogens is 598 g/mol. The molecule has 0 N–H and O–H groups in total. The minimum atomic E-state index is -0.789. The van der Waals surface area contributed by atoms with E-state index < -0.39 is 11.6 Å². The van der Waals surface area contributed by atoms with Crippen LogP contribution in [-0.2, 0) is 0 Å². The van der Waals surface area contributed by atoms with Crippen molar-refractivity contribution in [2.45, 2.75) is 59.3 Å². The van der Waals surface area contributed by atoms with Crippen LogP contribution in [0.3, 0.4) is 0 Å². The molecule has 0 bridgehead atoms. The summed E-state index contributed by atoms with van der Waals surface area (Å²) >= 11 is 0. The molecule has 0 heterocycles. The maximum absolute atomic E-state index is 14.0. The molecular formula is C43H38F2N2O. The van der Waals surface area contributed by atoms with E-state index in [2.05, 4.69) is 31.2 Å². The Morgan fingerprint density at radius 2 is 1.17 bits per heavy atom. The third-order valence-electron chi connectivity index (χ3n) is 9.40. The van der Waals surface area contributed by atoms with Crippen LogP contribution in [0, 0.1) is 61.0 Å². The molecule has 0 radical (unpaired) electrons. The predicted octanol–water partition coefficient (Wildman–Crippen LogP) is 11.2. The van der Waals surface area contributed by atoms with Crippen molar-refractivity contribution in [3.05, 3.63) is 153 Å². The van der Waals surface area contributed by atoms with E-state index in [1.54, 1.807) is 38.1 Å². The van der Waals surface area contributed by atoms with Crippen LogP contribution in [0.1, 0.15) is 87.8 Å². The molecule has 3 nitrogen and oxygen atoms in total. The van der Waals surface area contributed by atoms with Crippen molar-refractivity contribution in [3.63, 3.8) is 0 Å². The maximum Gasteiger partial charge on any atom is 0.194 e. The van der Waals surface area contributed by atoms with Crippen LogP contribution in [0.2, 0.25) is 0 Å². The molecule has 5 heteroatoms. The van der Waals surface area contributed by atoms with Crippen LogP contribution < -0.4 is 0 Å². The molecule has 5 aromatic carbocycles. The first-order valence-electron chi connectivity index (χ1n) is 16.3. The highest BCUT2D eigenvalue weighted by Crippen LogP contribution is 2.36. The second kappa shape index (κ2) is 15.0. The fourth-order valence-electron chi connectivity index (χ4n) is 6.27. The van der Waals surface area contributed by atoms with Gasteiger partial charge in [-0.2, -0.15) is 10.5 Å². The molecule has 1 aliphatic carbocycles. The van der Waals surface area contributed by atoms with E-state index in [4.69, 9.17) is 0 Å². The molecule has 0 aromatic heterocycles. The summed E-state index contributed by atoms with van der Waals surface area (Å²) in [6, 6.07) is 34.2. The van der Waals surface area contributed by atoms with E-state index in [0.29, 0.717) is 39.3 Å². The lowest BCUT2D eigenvalue weighted by atomic mass is 9.79. The van der Waals surface area contributed by atoms with Crippen LogP contribution in [0.5, 0.6) is 0 Å². The molecule has 0 amide bonds. The highest BCUT2D eigenvalue weighted by Gasteiger charge is 2.22. The van der Waals surface area contributed by atoms with E-state index >= 15 is 0 Å². The normalized spacial score (nSPS) is 15.4. The Morgan fingerprint density at radius 1 is 0.625 bits per heavy atom. The largest absolute Gasteiger partial charge is 0.289 e. The predicted molar refractivity (Wildman–Crippen MR) is 188 cm³/mol. The van der Waals surface area contributed by atoms with Crippen LogP contribution in [-0.4, -0.2) is 5.78 Å². The molecule has 1 saturated carbocycles. The van der Waals surface area contributed by atoms with Crippen LogP contribution in [0.4, 0.5) is 8.78 Å². The fourth-order valence-corrected chi connectivity index (χ4v) is 6.27. The Balaban J connectivity index is 0.000000190. The fraction of sp³-hybridized carbons (Fsp3) is 0.233. The number of hydrogen-bond acceptors (Lipinski definition) is 3.